The smallest absolute Gasteiger partial charge is 0.339 e. The highest BCUT2D eigenvalue weighted by atomic mass is 35.5. The number of anilines is 1. The first-order chi connectivity index (χ1) is 12.5. The van der Waals surface area contributed by atoms with E-state index in [1.165, 1.54) is 26.4 Å². The fourth-order valence-electron chi connectivity index (χ4n) is 2.65. The molecule has 8 heteroatoms. The van der Waals surface area contributed by atoms with Gasteiger partial charge in [-0.3, -0.25) is 14.5 Å². The average Bonchev–Trinajstić information content (AvgIpc) is 2.85. The first-order valence-corrected chi connectivity index (χ1v) is 8.00. The summed E-state index contributed by atoms with van der Waals surface area (Å²) >= 11 is 5.98. The maximum absolute atomic E-state index is 12.7. The standard InChI is InChI=1S/C18H15ClN2O5/c1-25-14-6-4-13(5-7-14)21-17(23)16(22)20(18(21)24)10-11-9-12(19)3-8-15(11)26-2/h3-9H,10H2,1-2H3. The third-order valence-corrected chi connectivity index (χ3v) is 4.19. The molecule has 0 unspecified atom stereocenters. The number of hydrogen-bond donors (Lipinski definition) is 0. The number of rotatable bonds is 5. The lowest BCUT2D eigenvalue weighted by molar-refractivity contribution is -0.139. The number of urea groups is 1. The van der Waals surface area contributed by atoms with Crippen LogP contribution in [0.3, 0.4) is 0 Å². The molecule has 0 saturated carbocycles. The zero-order valence-corrected chi connectivity index (χ0v) is 14.8. The summed E-state index contributed by atoms with van der Waals surface area (Å²) in [5.74, 6) is -0.793. The topological polar surface area (TPSA) is 76.2 Å². The van der Waals surface area contributed by atoms with Crippen LogP contribution in [-0.4, -0.2) is 37.0 Å². The minimum atomic E-state index is -0.916. The van der Waals surface area contributed by atoms with Gasteiger partial charge in [-0.1, -0.05) is 11.6 Å². The van der Waals surface area contributed by atoms with Crippen molar-refractivity contribution in [3.05, 3.63) is 53.1 Å². The zero-order valence-electron chi connectivity index (χ0n) is 14.1. The predicted molar refractivity (Wildman–Crippen MR) is 94.4 cm³/mol. The van der Waals surface area contributed by atoms with Crippen LogP contribution in [0.4, 0.5) is 10.5 Å². The van der Waals surface area contributed by atoms with Crippen molar-refractivity contribution < 1.29 is 23.9 Å². The van der Waals surface area contributed by atoms with Crippen molar-refractivity contribution in [2.75, 3.05) is 19.1 Å². The summed E-state index contributed by atoms with van der Waals surface area (Å²) in [5, 5.41) is 0.429. The molecule has 1 heterocycles. The molecule has 0 atom stereocenters. The Bertz CT molecular complexity index is 882. The monoisotopic (exact) mass is 374 g/mol. The van der Waals surface area contributed by atoms with Gasteiger partial charge in [-0.25, -0.2) is 9.69 Å². The number of halogens is 1. The van der Waals surface area contributed by atoms with Gasteiger partial charge in [-0.05, 0) is 42.5 Å². The molecule has 0 N–H and O–H groups in total. The summed E-state index contributed by atoms with van der Waals surface area (Å²) < 4.78 is 10.3. The van der Waals surface area contributed by atoms with Gasteiger partial charge < -0.3 is 9.47 Å². The largest absolute Gasteiger partial charge is 0.497 e. The minimum absolute atomic E-state index is 0.125. The van der Waals surface area contributed by atoms with Gasteiger partial charge in [-0.2, -0.15) is 0 Å². The quantitative estimate of drug-likeness (QED) is 0.594. The molecule has 3 rings (SSSR count). The zero-order chi connectivity index (χ0) is 18.8. The van der Waals surface area contributed by atoms with Crippen LogP contribution in [0.5, 0.6) is 11.5 Å². The van der Waals surface area contributed by atoms with Crippen LogP contribution in [0.2, 0.25) is 5.02 Å². The summed E-state index contributed by atoms with van der Waals surface area (Å²) in [6.45, 7) is -0.125. The average molecular weight is 375 g/mol. The Labute approximate surface area is 154 Å². The van der Waals surface area contributed by atoms with E-state index in [2.05, 4.69) is 0 Å². The molecule has 0 aromatic heterocycles. The molecular weight excluding hydrogens is 360 g/mol. The number of amides is 4. The molecule has 134 valence electrons. The first kappa shape index (κ1) is 17.8. The summed E-state index contributed by atoms with van der Waals surface area (Å²) in [6.07, 6.45) is 0. The molecule has 7 nitrogen and oxygen atoms in total. The summed E-state index contributed by atoms with van der Waals surface area (Å²) in [7, 11) is 2.97. The van der Waals surface area contributed by atoms with Crippen LogP contribution >= 0.6 is 11.6 Å². The second-order valence-electron chi connectivity index (χ2n) is 5.47. The van der Waals surface area contributed by atoms with Crippen molar-refractivity contribution in [2.45, 2.75) is 6.54 Å². The Hall–Kier alpha value is -3.06. The molecule has 1 aliphatic heterocycles. The van der Waals surface area contributed by atoms with E-state index < -0.39 is 17.8 Å². The molecule has 4 amide bonds. The van der Waals surface area contributed by atoms with Gasteiger partial charge in [0, 0.05) is 10.6 Å². The lowest BCUT2D eigenvalue weighted by Gasteiger charge is -2.17. The Kier molecular flexibility index (Phi) is 4.81. The number of imide groups is 2. The highest BCUT2D eigenvalue weighted by Crippen LogP contribution is 2.29. The molecule has 2 aromatic rings. The minimum Gasteiger partial charge on any atom is -0.497 e. The Morgan fingerprint density at radius 3 is 2.23 bits per heavy atom. The molecule has 2 aromatic carbocycles. The third kappa shape index (κ3) is 3.09. The maximum Gasteiger partial charge on any atom is 0.339 e. The highest BCUT2D eigenvalue weighted by Gasteiger charge is 2.45. The lowest BCUT2D eigenvalue weighted by Crippen LogP contribution is -2.33. The van der Waals surface area contributed by atoms with Gasteiger partial charge >= 0.3 is 17.8 Å². The molecule has 1 fully saturated rings. The van der Waals surface area contributed by atoms with Crippen LogP contribution < -0.4 is 14.4 Å². The van der Waals surface area contributed by atoms with Crippen LogP contribution in [0.25, 0.3) is 0 Å². The Balaban J connectivity index is 1.90. The summed E-state index contributed by atoms with van der Waals surface area (Å²) in [4.78, 5) is 39.0. The SMILES string of the molecule is COc1ccc(N2C(=O)C(=O)N(Cc3cc(Cl)ccc3OC)C2=O)cc1. The normalized spacial score (nSPS) is 14.2. The van der Waals surface area contributed by atoms with Gasteiger partial charge in [0.15, 0.2) is 0 Å². The van der Waals surface area contributed by atoms with Crippen LogP contribution in [0.1, 0.15) is 5.56 Å². The van der Waals surface area contributed by atoms with E-state index in [4.69, 9.17) is 21.1 Å². The fraction of sp³-hybridized carbons (Fsp3) is 0.167. The van der Waals surface area contributed by atoms with Gasteiger partial charge in [-0.15, -0.1) is 0 Å². The number of methoxy groups -OCH3 is 2. The van der Waals surface area contributed by atoms with Crippen LogP contribution in [0.15, 0.2) is 42.5 Å². The van der Waals surface area contributed by atoms with Gasteiger partial charge in [0.2, 0.25) is 0 Å². The van der Waals surface area contributed by atoms with Crippen LogP contribution in [0, 0.1) is 0 Å². The number of benzene rings is 2. The Morgan fingerprint density at radius 1 is 0.923 bits per heavy atom. The van der Waals surface area contributed by atoms with E-state index in [1.54, 1.807) is 30.3 Å². The van der Waals surface area contributed by atoms with E-state index in [1.807, 2.05) is 0 Å². The molecule has 0 bridgehead atoms. The lowest BCUT2D eigenvalue weighted by atomic mass is 10.2. The number of nitrogens with zero attached hydrogens (tertiary/aromatic N) is 2. The maximum atomic E-state index is 12.7. The van der Waals surface area contributed by atoms with E-state index in [0.29, 0.717) is 22.1 Å². The van der Waals surface area contributed by atoms with Crippen molar-refractivity contribution in [1.82, 2.24) is 4.90 Å². The molecule has 0 radical (unpaired) electrons. The molecule has 0 aliphatic carbocycles. The molecule has 1 aliphatic rings. The van der Waals surface area contributed by atoms with Crippen molar-refractivity contribution in [3.63, 3.8) is 0 Å². The highest BCUT2D eigenvalue weighted by molar-refractivity contribution is 6.52. The molecule has 0 spiro atoms. The molecular formula is C18H15ClN2O5. The van der Waals surface area contributed by atoms with Crippen molar-refractivity contribution >= 4 is 35.1 Å². The number of carbonyl (C=O) groups is 3. The van der Waals surface area contributed by atoms with Crippen molar-refractivity contribution in [2.24, 2.45) is 0 Å². The van der Waals surface area contributed by atoms with E-state index in [0.717, 1.165) is 9.80 Å². The van der Waals surface area contributed by atoms with E-state index in [9.17, 15) is 14.4 Å². The molecule has 1 saturated heterocycles. The van der Waals surface area contributed by atoms with Crippen molar-refractivity contribution in [3.8, 4) is 11.5 Å². The number of ether oxygens (including phenoxy) is 2. The summed E-state index contributed by atoms with van der Waals surface area (Å²) in [5.41, 5.74) is 0.806. The van der Waals surface area contributed by atoms with Gasteiger partial charge in [0.05, 0.1) is 26.5 Å². The number of hydrogen-bond acceptors (Lipinski definition) is 5. The van der Waals surface area contributed by atoms with Crippen molar-refractivity contribution in [1.29, 1.82) is 0 Å². The van der Waals surface area contributed by atoms with E-state index >= 15 is 0 Å². The van der Waals surface area contributed by atoms with E-state index in [-0.39, 0.29) is 12.2 Å². The number of carbonyl (C=O) groups excluding carboxylic acids is 3. The van der Waals surface area contributed by atoms with Gasteiger partial charge in [0.25, 0.3) is 0 Å². The first-order valence-electron chi connectivity index (χ1n) is 7.62. The fourth-order valence-corrected chi connectivity index (χ4v) is 2.84. The molecule has 26 heavy (non-hydrogen) atoms. The van der Waals surface area contributed by atoms with Gasteiger partial charge in [0.1, 0.15) is 11.5 Å². The Morgan fingerprint density at radius 2 is 1.62 bits per heavy atom. The predicted octanol–water partition coefficient (Wildman–Crippen LogP) is 2.85. The second-order valence-corrected chi connectivity index (χ2v) is 5.91. The van der Waals surface area contributed by atoms with Crippen LogP contribution in [-0.2, 0) is 16.1 Å². The summed E-state index contributed by atoms with van der Waals surface area (Å²) in [6, 6.07) is 10.4. The third-order valence-electron chi connectivity index (χ3n) is 3.95. The second kappa shape index (κ2) is 7.05.